The van der Waals surface area contributed by atoms with Crippen molar-refractivity contribution in [3.8, 4) is 11.1 Å². The van der Waals surface area contributed by atoms with E-state index in [2.05, 4.69) is 0 Å². The summed E-state index contributed by atoms with van der Waals surface area (Å²) in [7, 11) is 0. The zero-order chi connectivity index (χ0) is 22.4. The van der Waals surface area contributed by atoms with Gasteiger partial charge in [0.15, 0.2) is 0 Å². The van der Waals surface area contributed by atoms with Gasteiger partial charge in [-0.05, 0) is 48.9 Å². The van der Waals surface area contributed by atoms with E-state index in [-0.39, 0.29) is 33.0 Å². The highest BCUT2D eigenvalue weighted by Crippen LogP contribution is 2.35. The van der Waals surface area contributed by atoms with Crippen LogP contribution in [-0.2, 0) is 0 Å². The molecular formula is C23H13Cl2F2NO3. The Kier molecular flexibility index (Phi) is 5.29. The van der Waals surface area contributed by atoms with E-state index in [1.165, 1.54) is 35.6 Å². The summed E-state index contributed by atoms with van der Waals surface area (Å²) in [6, 6.07) is 11.5. The van der Waals surface area contributed by atoms with Crippen LogP contribution in [0.15, 0.2) is 54.7 Å². The summed E-state index contributed by atoms with van der Waals surface area (Å²) >= 11 is 12.1. The summed E-state index contributed by atoms with van der Waals surface area (Å²) in [6.07, 6.45) is 1.60. The molecule has 0 aliphatic rings. The van der Waals surface area contributed by atoms with E-state index in [1.54, 1.807) is 24.4 Å². The minimum absolute atomic E-state index is 0.0170. The van der Waals surface area contributed by atoms with Gasteiger partial charge in [0, 0.05) is 17.3 Å². The summed E-state index contributed by atoms with van der Waals surface area (Å²) < 4.78 is 30.6. The Hall–Kier alpha value is -3.22. The van der Waals surface area contributed by atoms with Crippen LogP contribution in [0, 0.1) is 18.6 Å². The summed E-state index contributed by atoms with van der Waals surface area (Å²) in [6.45, 7) is 1.37. The second-order valence-corrected chi connectivity index (χ2v) is 7.64. The number of benzene rings is 2. The first-order valence-electron chi connectivity index (χ1n) is 9.03. The number of carboxylic acids is 1. The molecule has 0 bridgehead atoms. The second-order valence-electron chi connectivity index (χ2n) is 6.85. The number of carboxylic acid groups (broad SMARTS) is 1. The van der Waals surface area contributed by atoms with Crippen LogP contribution >= 0.6 is 23.2 Å². The lowest BCUT2D eigenvalue weighted by atomic mass is 9.98. The number of aromatic carboxylic acids is 1. The fourth-order valence-corrected chi connectivity index (χ4v) is 4.07. The lowest BCUT2D eigenvalue weighted by molar-refractivity contribution is 0.0695. The molecule has 0 spiro atoms. The van der Waals surface area contributed by atoms with Crippen LogP contribution in [-0.4, -0.2) is 21.3 Å². The van der Waals surface area contributed by atoms with E-state index in [0.29, 0.717) is 11.1 Å². The molecule has 2 aromatic heterocycles. The van der Waals surface area contributed by atoms with E-state index in [1.807, 2.05) is 0 Å². The Labute approximate surface area is 185 Å². The number of halogens is 4. The van der Waals surface area contributed by atoms with Gasteiger partial charge >= 0.3 is 5.97 Å². The highest BCUT2D eigenvalue weighted by molar-refractivity contribution is 6.41. The molecule has 156 valence electrons. The lowest BCUT2D eigenvalue weighted by Gasteiger charge is -2.08. The fraction of sp³-hybridized carbons (Fsp3) is 0.0435. The minimum atomic E-state index is -1.24. The predicted molar refractivity (Wildman–Crippen MR) is 114 cm³/mol. The van der Waals surface area contributed by atoms with Crippen LogP contribution in [0.3, 0.4) is 0 Å². The van der Waals surface area contributed by atoms with Crippen LogP contribution in [0.1, 0.15) is 32.0 Å². The van der Waals surface area contributed by atoms with Crippen molar-refractivity contribution in [3.63, 3.8) is 0 Å². The van der Waals surface area contributed by atoms with Gasteiger partial charge in [-0.1, -0.05) is 35.3 Å². The molecule has 4 aromatic rings. The average Bonchev–Trinajstić information content (AvgIpc) is 3.12. The van der Waals surface area contributed by atoms with Gasteiger partial charge in [0.05, 0.1) is 32.4 Å². The number of aromatic nitrogens is 1. The highest BCUT2D eigenvalue weighted by atomic mass is 35.5. The number of ketones is 1. The molecule has 0 saturated carbocycles. The maximum atomic E-state index is 15.1. The van der Waals surface area contributed by atoms with Crippen LogP contribution in [0.2, 0.25) is 10.0 Å². The number of carbonyl (C=O) groups is 2. The molecule has 31 heavy (non-hydrogen) atoms. The Morgan fingerprint density at radius 3 is 2.45 bits per heavy atom. The van der Waals surface area contributed by atoms with E-state index < -0.39 is 28.4 Å². The van der Waals surface area contributed by atoms with Gasteiger partial charge in [-0.2, -0.15) is 0 Å². The molecule has 0 fully saturated rings. The Bertz CT molecular complexity index is 1400. The molecular weight excluding hydrogens is 447 g/mol. The van der Waals surface area contributed by atoms with Gasteiger partial charge < -0.3 is 9.51 Å². The molecule has 0 saturated heterocycles. The molecule has 0 unspecified atom stereocenters. The quantitative estimate of drug-likeness (QED) is 0.282. The number of pyridine rings is 1. The van der Waals surface area contributed by atoms with E-state index in [0.717, 1.165) is 6.07 Å². The molecule has 4 nitrogen and oxygen atoms in total. The molecule has 0 atom stereocenters. The Balaban J connectivity index is 1.97. The van der Waals surface area contributed by atoms with Crippen LogP contribution in [0.4, 0.5) is 8.78 Å². The standard InChI is InChI=1S/C23H13Cl2F2NO3/c1-11-12(23(30)31)5-6-13(21(11)27)14-10-18(28-9-3-2-4-17(14)28)22(29)19-15(24)7-8-16(26)20(19)25/h2-10H,1H3,(H,30,31). The third-order valence-electron chi connectivity index (χ3n) is 5.09. The van der Waals surface area contributed by atoms with Gasteiger partial charge in [0.1, 0.15) is 11.6 Å². The van der Waals surface area contributed by atoms with Crippen molar-refractivity contribution < 1.29 is 23.5 Å². The molecule has 8 heteroatoms. The summed E-state index contributed by atoms with van der Waals surface area (Å²) in [5.41, 5.74) is 0.710. The van der Waals surface area contributed by atoms with Crippen molar-refractivity contribution in [3.05, 3.63) is 98.8 Å². The highest BCUT2D eigenvalue weighted by Gasteiger charge is 2.25. The molecule has 0 aliphatic heterocycles. The Morgan fingerprint density at radius 1 is 1.00 bits per heavy atom. The SMILES string of the molecule is Cc1c(C(=O)O)ccc(-c2cc(C(=O)c3c(Cl)ccc(F)c3Cl)n3ccccc23)c1F. The van der Waals surface area contributed by atoms with Crippen LogP contribution in [0.5, 0.6) is 0 Å². The van der Waals surface area contributed by atoms with Crippen molar-refractivity contribution in [1.29, 1.82) is 0 Å². The summed E-state index contributed by atoms with van der Waals surface area (Å²) in [5, 5.41) is 8.81. The number of nitrogens with zero attached hydrogens (tertiary/aromatic N) is 1. The van der Waals surface area contributed by atoms with Crippen molar-refractivity contribution >= 4 is 40.5 Å². The Morgan fingerprint density at radius 2 is 1.74 bits per heavy atom. The van der Waals surface area contributed by atoms with Crippen molar-refractivity contribution in [2.45, 2.75) is 6.92 Å². The first kappa shape index (κ1) is 21.0. The zero-order valence-corrected chi connectivity index (χ0v) is 17.4. The van der Waals surface area contributed by atoms with Gasteiger partial charge in [0.2, 0.25) is 5.78 Å². The smallest absolute Gasteiger partial charge is 0.336 e. The number of carbonyl (C=O) groups excluding carboxylic acids is 1. The third-order valence-corrected chi connectivity index (χ3v) is 5.77. The van der Waals surface area contributed by atoms with Crippen molar-refractivity contribution in [2.24, 2.45) is 0 Å². The summed E-state index contributed by atoms with van der Waals surface area (Å²) in [4.78, 5) is 24.6. The maximum absolute atomic E-state index is 15.1. The third kappa shape index (κ3) is 3.38. The average molecular weight is 460 g/mol. The number of rotatable bonds is 4. The fourth-order valence-electron chi connectivity index (χ4n) is 3.53. The lowest BCUT2D eigenvalue weighted by Crippen LogP contribution is -2.07. The molecule has 2 heterocycles. The minimum Gasteiger partial charge on any atom is -0.478 e. The number of hydrogen-bond donors (Lipinski definition) is 1. The van der Waals surface area contributed by atoms with Gasteiger partial charge in [-0.3, -0.25) is 4.79 Å². The van der Waals surface area contributed by atoms with Crippen LogP contribution < -0.4 is 0 Å². The number of hydrogen-bond acceptors (Lipinski definition) is 2. The zero-order valence-electron chi connectivity index (χ0n) is 15.9. The molecule has 0 radical (unpaired) electrons. The van der Waals surface area contributed by atoms with Crippen molar-refractivity contribution in [2.75, 3.05) is 0 Å². The molecule has 0 amide bonds. The summed E-state index contributed by atoms with van der Waals surface area (Å²) in [5.74, 6) is -3.38. The van der Waals surface area contributed by atoms with Gasteiger partial charge in [-0.25, -0.2) is 13.6 Å². The maximum Gasteiger partial charge on any atom is 0.336 e. The van der Waals surface area contributed by atoms with E-state index in [4.69, 9.17) is 23.2 Å². The molecule has 0 aliphatic carbocycles. The van der Waals surface area contributed by atoms with Gasteiger partial charge in [-0.15, -0.1) is 0 Å². The first-order valence-corrected chi connectivity index (χ1v) is 9.79. The normalized spacial score (nSPS) is 11.1. The van der Waals surface area contributed by atoms with Gasteiger partial charge in [0.25, 0.3) is 0 Å². The van der Waals surface area contributed by atoms with E-state index in [9.17, 15) is 19.1 Å². The predicted octanol–water partition coefficient (Wildman–Crippen LogP) is 6.43. The number of fused-ring (bicyclic) bond motifs is 1. The van der Waals surface area contributed by atoms with Crippen LogP contribution in [0.25, 0.3) is 16.6 Å². The topological polar surface area (TPSA) is 58.8 Å². The van der Waals surface area contributed by atoms with Crippen molar-refractivity contribution in [1.82, 2.24) is 4.40 Å². The molecule has 4 rings (SSSR count). The molecule has 1 N–H and O–H groups in total. The largest absolute Gasteiger partial charge is 0.478 e. The monoisotopic (exact) mass is 459 g/mol. The molecule has 2 aromatic carbocycles. The first-order chi connectivity index (χ1) is 14.7. The second kappa shape index (κ2) is 7.80. The van der Waals surface area contributed by atoms with E-state index >= 15 is 4.39 Å².